The van der Waals surface area contributed by atoms with E-state index in [9.17, 15) is 9.90 Å². The molecule has 1 atom stereocenters. The van der Waals surface area contributed by atoms with Gasteiger partial charge in [0.05, 0.1) is 0 Å². The van der Waals surface area contributed by atoms with Crippen molar-refractivity contribution in [2.45, 2.75) is 26.6 Å². The molecule has 2 aromatic heterocycles. The lowest BCUT2D eigenvalue weighted by molar-refractivity contribution is -0.113. The Kier molecular flexibility index (Phi) is 4.19. The Labute approximate surface area is 154 Å². The van der Waals surface area contributed by atoms with E-state index in [0.29, 0.717) is 52.6 Å². The maximum absolute atomic E-state index is 11.2. The fourth-order valence-corrected chi connectivity index (χ4v) is 2.90. The second-order valence-electron chi connectivity index (χ2n) is 6.24. The maximum atomic E-state index is 11.2. The molecule has 0 radical (unpaired) electrons. The molecule has 0 saturated carbocycles. The Morgan fingerprint density at radius 3 is 2.89 bits per heavy atom. The zero-order chi connectivity index (χ0) is 19.0. The van der Waals surface area contributed by atoms with Crippen LogP contribution in [-0.4, -0.2) is 22.5 Å². The van der Waals surface area contributed by atoms with Crippen molar-refractivity contribution in [1.29, 1.82) is 0 Å². The summed E-state index contributed by atoms with van der Waals surface area (Å²) in [5, 5.41) is 11.1. The predicted octanol–water partition coefficient (Wildman–Crippen LogP) is 4.16. The van der Waals surface area contributed by atoms with Gasteiger partial charge in [0.2, 0.25) is 0 Å². The third-order valence-corrected chi connectivity index (χ3v) is 4.45. The van der Waals surface area contributed by atoms with E-state index in [4.69, 9.17) is 18.3 Å². The van der Waals surface area contributed by atoms with E-state index in [-0.39, 0.29) is 5.76 Å². The third-order valence-electron chi connectivity index (χ3n) is 4.45. The molecule has 1 aliphatic heterocycles. The summed E-state index contributed by atoms with van der Waals surface area (Å²) in [5.41, 5.74) is 2.33. The second kappa shape index (κ2) is 6.68. The highest BCUT2D eigenvalue weighted by molar-refractivity contribution is 5.84. The predicted molar refractivity (Wildman–Crippen MR) is 95.9 cm³/mol. The van der Waals surface area contributed by atoms with Crippen LogP contribution < -0.4 is 4.74 Å². The summed E-state index contributed by atoms with van der Waals surface area (Å²) in [6.07, 6.45) is 2.69. The zero-order valence-corrected chi connectivity index (χ0v) is 14.8. The molecule has 0 spiro atoms. The van der Waals surface area contributed by atoms with Gasteiger partial charge in [-0.25, -0.2) is 4.98 Å². The van der Waals surface area contributed by atoms with Gasteiger partial charge in [-0.05, 0) is 38.1 Å². The van der Waals surface area contributed by atoms with Crippen molar-refractivity contribution < 1.29 is 28.2 Å². The SMILES string of the molecule is CC1=C(c2cc3cc(OCc4cocn4)ccc3o2)OC(C=O)C(C)=C1O. The van der Waals surface area contributed by atoms with Gasteiger partial charge in [-0.15, -0.1) is 0 Å². The van der Waals surface area contributed by atoms with E-state index in [1.807, 2.05) is 6.07 Å². The molecular formula is C20H17NO6. The Hall–Kier alpha value is -3.48. The number of nitrogens with zero attached hydrogens (tertiary/aromatic N) is 1. The average molecular weight is 367 g/mol. The summed E-state index contributed by atoms with van der Waals surface area (Å²) < 4.78 is 22.2. The van der Waals surface area contributed by atoms with Gasteiger partial charge < -0.3 is 23.4 Å². The lowest BCUT2D eigenvalue weighted by Gasteiger charge is -2.24. The van der Waals surface area contributed by atoms with Gasteiger partial charge in [-0.2, -0.15) is 0 Å². The monoisotopic (exact) mass is 367 g/mol. The van der Waals surface area contributed by atoms with E-state index >= 15 is 0 Å². The van der Waals surface area contributed by atoms with Crippen LogP contribution in [0.5, 0.6) is 5.75 Å². The molecule has 27 heavy (non-hydrogen) atoms. The summed E-state index contributed by atoms with van der Waals surface area (Å²) in [7, 11) is 0. The first-order valence-corrected chi connectivity index (χ1v) is 8.33. The first kappa shape index (κ1) is 17.0. The van der Waals surface area contributed by atoms with Gasteiger partial charge in [0.1, 0.15) is 35.7 Å². The molecule has 3 heterocycles. The number of ether oxygens (including phenoxy) is 2. The average Bonchev–Trinajstić information content (AvgIpc) is 3.33. The van der Waals surface area contributed by atoms with Crippen LogP contribution in [0.4, 0.5) is 0 Å². The smallest absolute Gasteiger partial charge is 0.180 e. The Morgan fingerprint density at radius 1 is 1.30 bits per heavy atom. The van der Waals surface area contributed by atoms with Crippen LogP contribution in [0, 0.1) is 0 Å². The van der Waals surface area contributed by atoms with Crippen LogP contribution >= 0.6 is 0 Å². The first-order valence-electron chi connectivity index (χ1n) is 8.33. The molecule has 0 saturated heterocycles. The standard InChI is InChI=1S/C20H17NO6/c1-11-18(7-22)27-20(12(2)19(11)23)17-6-13-5-15(3-4-16(13)26-17)25-9-14-8-24-10-21-14/h3-8,10,18,23H,9H2,1-2H3. The first-order chi connectivity index (χ1) is 13.1. The van der Waals surface area contributed by atoms with E-state index in [1.165, 1.54) is 12.7 Å². The van der Waals surface area contributed by atoms with E-state index in [0.717, 1.165) is 5.39 Å². The number of carbonyl (C=O) groups is 1. The van der Waals surface area contributed by atoms with Crippen molar-refractivity contribution in [2.24, 2.45) is 0 Å². The Bertz CT molecular complexity index is 1060. The molecule has 0 bridgehead atoms. The van der Waals surface area contributed by atoms with Crippen molar-refractivity contribution in [2.75, 3.05) is 0 Å². The summed E-state index contributed by atoms with van der Waals surface area (Å²) in [4.78, 5) is 15.2. The molecule has 1 N–H and O–H groups in total. The molecular weight excluding hydrogens is 350 g/mol. The highest BCUT2D eigenvalue weighted by Crippen LogP contribution is 2.36. The van der Waals surface area contributed by atoms with Crippen molar-refractivity contribution in [3.8, 4) is 5.75 Å². The molecule has 1 aromatic carbocycles. The molecule has 7 nitrogen and oxygen atoms in total. The Balaban J connectivity index is 1.64. The van der Waals surface area contributed by atoms with Gasteiger partial charge >= 0.3 is 0 Å². The molecule has 0 amide bonds. The lowest BCUT2D eigenvalue weighted by Crippen LogP contribution is -2.22. The summed E-state index contributed by atoms with van der Waals surface area (Å²) in [6.45, 7) is 3.67. The fraction of sp³-hybridized carbons (Fsp3) is 0.200. The summed E-state index contributed by atoms with van der Waals surface area (Å²) in [5.74, 6) is 1.47. The van der Waals surface area contributed by atoms with E-state index in [1.54, 1.807) is 32.0 Å². The number of aliphatic hydroxyl groups excluding tert-OH is 1. The lowest BCUT2D eigenvalue weighted by atomic mass is 10.0. The minimum atomic E-state index is -0.835. The normalized spacial score (nSPS) is 17.3. The number of allylic oxidation sites excluding steroid dienone is 1. The number of hydrogen-bond donors (Lipinski definition) is 1. The van der Waals surface area contributed by atoms with Crippen LogP contribution in [0.3, 0.4) is 0 Å². The number of benzene rings is 1. The number of hydrogen-bond acceptors (Lipinski definition) is 7. The van der Waals surface area contributed by atoms with E-state index in [2.05, 4.69) is 4.98 Å². The van der Waals surface area contributed by atoms with E-state index < -0.39 is 6.10 Å². The number of rotatable bonds is 5. The van der Waals surface area contributed by atoms with Gasteiger partial charge in [0, 0.05) is 16.5 Å². The zero-order valence-electron chi connectivity index (χ0n) is 14.8. The van der Waals surface area contributed by atoms with Crippen molar-refractivity contribution in [3.63, 3.8) is 0 Å². The molecule has 4 rings (SSSR count). The number of aldehydes is 1. The van der Waals surface area contributed by atoms with Crippen LogP contribution in [0.1, 0.15) is 25.3 Å². The number of aromatic nitrogens is 1. The van der Waals surface area contributed by atoms with Crippen LogP contribution in [0.25, 0.3) is 16.7 Å². The fourth-order valence-electron chi connectivity index (χ4n) is 2.90. The molecule has 0 aliphatic carbocycles. The number of fused-ring (bicyclic) bond motifs is 1. The van der Waals surface area contributed by atoms with Crippen molar-refractivity contribution >= 4 is 23.0 Å². The highest BCUT2D eigenvalue weighted by Gasteiger charge is 2.28. The van der Waals surface area contributed by atoms with Crippen LogP contribution in [-0.2, 0) is 16.1 Å². The highest BCUT2D eigenvalue weighted by atomic mass is 16.5. The minimum absolute atomic E-state index is 0.0467. The van der Waals surface area contributed by atoms with Crippen molar-refractivity contribution in [1.82, 2.24) is 4.98 Å². The van der Waals surface area contributed by atoms with Crippen molar-refractivity contribution in [3.05, 3.63) is 65.3 Å². The third kappa shape index (κ3) is 3.08. The van der Waals surface area contributed by atoms with Gasteiger partial charge in [0.25, 0.3) is 0 Å². The van der Waals surface area contributed by atoms with Gasteiger partial charge in [-0.3, -0.25) is 4.79 Å². The second-order valence-corrected chi connectivity index (χ2v) is 6.24. The summed E-state index contributed by atoms with van der Waals surface area (Å²) >= 11 is 0. The number of furan rings is 1. The van der Waals surface area contributed by atoms with Gasteiger partial charge in [-0.1, -0.05) is 0 Å². The Morgan fingerprint density at radius 2 is 2.15 bits per heavy atom. The topological polar surface area (TPSA) is 94.9 Å². The molecule has 1 aliphatic rings. The number of aliphatic hydroxyl groups is 1. The molecule has 3 aromatic rings. The number of oxazole rings is 1. The quantitative estimate of drug-likeness (QED) is 0.677. The molecule has 1 unspecified atom stereocenters. The molecule has 138 valence electrons. The molecule has 7 heteroatoms. The van der Waals surface area contributed by atoms with Crippen LogP contribution in [0.15, 0.2) is 62.7 Å². The summed E-state index contributed by atoms with van der Waals surface area (Å²) in [6, 6.07) is 7.19. The largest absolute Gasteiger partial charge is 0.507 e. The van der Waals surface area contributed by atoms with Gasteiger partial charge in [0.15, 0.2) is 30.3 Å². The minimum Gasteiger partial charge on any atom is -0.507 e. The number of carbonyl (C=O) groups excluding carboxylic acids is 1. The van der Waals surface area contributed by atoms with Crippen LogP contribution in [0.2, 0.25) is 0 Å². The molecule has 0 fully saturated rings. The maximum Gasteiger partial charge on any atom is 0.180 e.